The molecule has 0 bridgehead atoms. The number of nitrogens with zero attached hydrogens (tertiary/aromatic N) is 3. The lowest BCUT2D eigenvalue weighted by Gasteiger charge is -2.14. The molecule has 0 aliphatic carbocycles. The summed E-state index contributed by atoms with van der Waals surface area (Å²) in [7, 11) is 1.61. The van der Waals surface area contributed by atoms with Crippen LogP contribution in [0.3, 0.4) is 0 Å². The summed E-state index contributed by atoms with van der Waals surface area (Å²) in [6.07, 6.45) is 3.67. The zero-order valence-corrected chi connectivity index (χ0v) is 20.4. The van der Waals surface area contributed by atoms with E-state index in [2.05, 4.69) is 0 Å². The van der Waals surface area contributed by atoms with Crippen LogP contribution < -0.4 is 4.74 Å². The second-order valence-corrected chi connectivity index (χ2v) is 9.51. The van der Waals surface area contributed by atoms with Crippen LogP contribution >= 0.6 is 24.0 Å². The van der Waals surface area contributed by atoms with E-state index in [1.54, 1.807) is 34.9 Å². The van der Waals surface area contributed by atoms with Gasteiger partial charge in [0.05, 0.1) is 29.9 Å². The third kappa shape index (κ3) is 4.89. The summed E-state index contributed by atoms with van der Waals surface area (Å²) in [5.74, 6) is 0.272. The average Bonchev–Trinajstić information content (AvgIpc) is 3.42. The maximum absolute atomic E-state index is 13.5. The predicted octanol–water partition coefficient (Wildman–Crippen LogP) is 6.09. The molecule has 1 aromatic heterocycles. The molecule has 2 heterocycles. The number of rotatable bonds is 6. The summed E-state index contributed by atoms with van der Waals surface area (Å²) < 4.78 is 21.0. The molecule has 3 aromatic carbocycles. The van der Waals surface area contributed by atoms with Crippen LogP contribution in [0.15, 0.2) is 90.0 Å². The zero-order valence-electron chi connectivity index (χ0n) is 18.7. The molecule has 1 fully saturated rings. The van der Waals surface area contributed by atoms with E-state index in [0.29, 0.717) is 21.5 Å². The standard InChI is InChI=1S/C27H20FN3O2S2/c1-33-23-13-7-18(8-14-23)16-30-26(32)24(35-27(30)34)15-20-17-31(22-5-3-2-4-6-22)29-25(20)19-9-11-21(28)12-10-19/h2-15,17H,16H2,1H3. The van der Waals surface area contributed by atoms with Gasteiger partial charge in [0.1, 0.15) is 15.9 Å². The first-order valence-corrected chi connectivity index (χ1v) is 12.0. The van der Waals surface area contributed by atoms with Gasteiger partial charge in [-0.05, 0) is 60.2 Å². The Morgan fingerprint density at radius 1 is 1.03 bits per heavy atom. The van der Waals surface area contributed by atoms with Gasteiger partial charge < -0.3 is 4.74 Å². The molecule has 0 N–H and O–H groups in total. The maximum atomic E-state index is 13.5. The van der Waals surface area contributed by atoms with Gasteiger partial charge in [0.15, 0.2) is 0 Å². The number of aromatic nitrogens is 2. The van der Waals surface area contributed by atoms with Crippen molar-refractivity contribution in [3.8, 4) is 22.7 Å². The van der Waals surface area contributed by atoms with E-state index in [4.69, 9.17) is 22.1 Å². The molecule has 1 aliphatic heterocycles. The van der Waals surface area contributed by atoms with Gasteiger partial charge in [-0.1, -0.05) is 54.3 Å². The number of para-hydroxylation sites is 1. The summed E-state index contributed by atoms with van der Waals surface area (Å²) in [5, 5.41) is 4.74. The van der Waals surface area contributed by atoms with Crippen LogP contribution in [0.5, 0.6) is 5.75 Å². The van der Waals surface area contributed by atoms with Crippen LogP contribution in [0.4, 0.5) is 4.39 Å². The first kappa shape index (κ1) is 23.0. The summed E-state index contributed by atoms with van der Waals surface area (Å²) in [6.45, 7) is 0.375. The summed E-state index contributed by atoms with van der Waals surface area (Å²) in [6, 6.07) is 23.4. The predicted molar refractivity (Wildman–Crippen MR) is 141 cm³/mol. The molecular weight excluding hydrogens is 481 g/mol. The Labute approximate surface area is 211 Å². The lowest BCUT2D eigenvalue weighted by atomic mass is 10.1. The molecule has 1 aliphatic rings. The number of carbonyl (C=O) groups excluding carboxylic acids is 1. The van der Waals surface area contributed by atoms with Crippen molar-refractivity contribution in [1.82, 2.24) is 14.7 Å². The maximum Gasteiger partial charge on any atom is 0.266 e. The topological polar surface area (TPSA) is 47.4 Å². The van der Waals surface area contributed by atoms with E-state index in [1.165, 1.54) is 23.9 Å². The van der Waals surface area contributed by atoms with Crippen molar-refractivity contribution in [3.05, 3.63) is 107 Å². The van der Waals surface area contributed by atoms with Crippen LogP contribution in [0.1, 0.15) is 11.1 Å². The second kappa shape index (κ2) is 9.85. The van der Waals surface area contributed by atoms with Crippen molar-refractivity contribution >= 4 is 40.3 Å². The number of hydrogen-bond donors (Lipinski definition) is 0. The number of thiocarbonyl (C=S) groups is 1. The Morgan fingerprint density at radius 3 is 2.43 bits per heavy atom. The Bertz CT molecular complexity index is 1420. The molecule has 1 saturated heterocycles. The Hall–Kier alpha value is -3.75. The van der Waals surface area contributed by atoms with E-state index >= 15 is 0 Å². The van der Waals surface area contributed by atoms with Crippen molar-refractivity contribution in [1.29, 1.82) is 0 Å². The average molecular weight is 502 g/mol. The highest BCUT2D eigenvalue weighted by atomic mass is 32.2. The number of amides is 1. The van der Waals surface area contributed by atoms with Crippen LogP contribution in [0.25, 0.3) is 23.0 Å². The largest absolute Gasteiger partial charge is 0.497 e. The monoisotopic (exact) mass is 501 g/mol. The second-order valence-electron chi connectivity index (χ2n) is 7.84. The molecule has 0 atom stereocenters. The highest BCUT2D eigenvalue weighted by molar-refractivity contribution is 8.26. The quantitative estimate of drug-likeness (QED) is 0.236. The van der Waals surface area contributed by atoms with Crippen molar-refractivity contribution in [2.75, 3.05) is 7.11 Å². The van der Waals surface area contributed by atoms with E-state index in [1.807, 2.05) is 60.8 Å². The molecule has 0 unspecified atom stereocenters. The van der Waals surface area contributed by atoms with Crippen molar-refractivity contribution in [2.45, 2.75) is 6.54 Å². The number of methoxy groups -OCH3 is 1. The highest BCUT2D eigenvalue weighted by Gasteiger charge is 2.32. The minimum atomic E-state index is -0.322. The van der Waals surface area contributed by atoms with Crippen LogP contribution in [0, 0.1) is 5.82 Å². The molecule has 5 rings (SSSR count). The highest BCUT2D eigenvalue weighted by Crippen LogP contribution is 2.36. The SMILES string of the molecule is COc1ccc(CN2C(=O)C(=Cc3cn(-c4ccccc4)nc3-c3ccc(F)cc3)SC2=S)cc1. The third-order valence-corrected chi connectivity index (χ3v) is 6.92. The first-order chi connectivity index (χ1) is 17.0. The van der Waals surface area contributed by atoms with Gasteiger partial charge in [0.25, 0.3) is 5.91 Å². The number of thioether (sulfide) groups is 1. The summed E-state index contributed by atoms with van der Waals surface area (Å²) in [5.41, 5.74) is 3.97. The molecule has 5 nitrogen and oxygen atoms in total. The number of halogens is 1. The molecule has 174 valence electrons. The molecule has 0 saturated carbocycles. The molecular formula is C27H20FN3O2S2. The Morgan fingerprint density at radius 2 is 1.74 bits per heavy atom. The fourth-order valence-electron chi connectivity index (χ4n) is 3.73. The molecule has 1 amide bonds. The lowest BCUT2D eigenvalue weighted by molar-refractivity contribution is -0.122. The number of ether oxygens (including phenoxy) is 1. The minimum absolute atomic E-state index is 0.159. The van der Waals surface area contributed by atoms with Crippen molar-refractivity contribution < 1.29 is 13.9 Å². The molecule has 0 radical (unpaired) electrons. The van der Waals surface area contributed by atoms with Crippen LogP contribution in [-0.2, 0) is 11.3 Å². The van der Waals surface area contributed by atoms with Crippen molar-refractivity contribution in [3.63, 3.8) is 0 Å². The summed E-state index contributed by atoms with van der Waals surface area (Å²) >= 11 is 6.78. The summed E-state index contributed by atoms with van der Waals surface area (Å²) in [4.78, 5) is 15.4. The lowest BCUT2D eigenvalue weighted by Crippen LogP contribution is -2.27. The first-order valence-electron chi connectivity index (χ1n) is 10.8. The van der Waals surface area contributed by atoms with Gasteiger partial charge in [-0.3, -0.25) is 9.69 Å². The van der Waals surface area contributed by atoms with Gasteiger partial charge in [0.2, 0.25) is 0 Å². The zero-order chi connectivity index (χ0) is 24.4. The van der Waals surface area contributed by atoms with Crippen LogP contribution in [-0.4, -0.2) is 32.0 Å². The molecule has 0 spiro atoms. The Kier molecular flexibility index (Phi) is 6.48. The van der Waals surface area contributed by atoms with Gasteiger partial charge in [0, 0.05) is 17.3 Å². The fraction of sp³-hybridized carbons (Fsp3) is 0.0741. The van der Waals surface area contributed by atoms with E-state index in [-0.39, 0.29) is 11.7 Å². The van der Waals surface area contributed by atoms with Gasteiger partial charge >= 0.3 is 0 Å². The van der Waals surface area contributed by atoms with E-state index < -0.39 is 0 Å². The molecule has 35 heavy (non-hydrogen) atoms. The van der Waals surface area contributed by atoms with E-state index in [0.717, 1.165) is 28.1 Å². The number of benzene rings is 3. The van der Waals surface area contributed by atoms with Gasteiger partial charge in [-0.2, -0.15) is 5.10 Å². The number of carbonyl (C=O) groups is 1. The smallest absolute Gasteiger partial charge is 0.266 e. The van der Waals surface area contributed by atoms with Gasteiger partial charge in [-0.25, -0.2) is 9.07 Å². The van der Waals surface area contributed by atoms with Crippen molar-refractivity contribution in [2.24, 2.45) is 0 Å². The number of hydrogen-bond acceptors (Lipinski definition) is 5. The molecule has 8 heteroatoms. The third-order valence-electron chi connectivity index (χ3n) is 5.54. The normalized spacial score (nSPS) is 14.7. The fourth-order valence-corrected chi connectivity index (χ4v) is 4.98. The Balaban J connectivity index is 1.49. The van der Waals surface area contributed by atoms with Gasteiger partial charge in [-0.15, -0.1) is 0 Å². The van der Waals surface area contributed by atoms with E-state index in [9.17, 15) is 9.18 Å². The molecule has 4 aromatic rings. The van der Waals surface area contributed by atoms with Crippen LogP contribution in [0.2, 0.25) is 0 Å². The minimum Gasteiger partial charge on any atom is -0.497 e.